The number of carbonyl (C=O) groups is 1. The molecule has 100 valence electrons. The molecule has 1 atom stereocenters. The molecule has 19 heavy (non-hydrogen) atoms. The number of amides is 1. The number of hydrogen-bond acceptors (Lipinski definition) is 4. The fourth-order valence-electron chi connectivity index (χ4n) is 1.60. The van der Waals surface area contributed by atoms with Crippen LogP contribution in [0.25, 0.3) is 5.82 Å². The van der Waals surface area contributed by atoms with E-state index in [1.165, 1.54) is 4.90 Å². The van der Waals surface area contributed by atoms with Gasteiger partial charge in [0.2, 0.25) is 0 Å². The fourth-order valence-corrected chi connectivity index (χ4v) is 1.60. The lowest BCUT2D eigenvalue weighted by molar-refractivity contribution is 0.0821. The molecule has 0 spiro atoms. The number of aromatic nitrogens is 3. The van der Waals surface area contributed by atoms with Crippen LogP contribution in [0.4, 0.5) is 0 Å². The molecule has 1 amide bonds. The van der Waals surface area contributed by atoms with Gasteiger partial charge < -0.3 is 10.6 Å². The molecule has 0 aliphatic carbocycles. The molecule has 0 unspecified atom stereocenters. The van der Waals surface area contributed by atoms with Crippen LogP contribution in [0, 0.1) is 0 Å². The van der Waals surface area contributed by atoms with Gasteiger partial charge in [0.25, 0.3) is 5.91 Å². The molecule has 0 bridgehead atoms. The topological polar surface area (TPSA) is 77.0 Å². The number of nitrogens with two attached hydrogens (primary N) is 1. The predicted octanol–water partition coefficient (Wildman–Crippen LogP) is 0.989. The Hall–Kier alpha value is -2.21. The average Bonchev–Trinajstić information content (AvgIpc) is 2.87. The summed E-state index contributed by atoms with van der Waals surface area (Å²) in [5.41, 5.74) is 7.12. The number of rotatable bonds is 3. The second-order valence-corrected chi connectivity index (χ2v) is 4.58. The van der Waals surface area contributed by atoms with Crippen molar-refractivity contribution >= 4 is 5.91 Å². The van der Waals surface area contributed by atoms with E-state index < -0.39 is 0 Å². The lowest BCUT2D eigenvalue weighted by Crippen LogP contribution is -2.22. The van der Waals surface area contributed by atoms with Gasteiger partial charge in [-0.15, -0.1) is 0 Å². The first-order chi connectivity index (χ1) is 8.99. The Morgan fingerprint density at radius 3 is 2.63 bits per heavy atom. The van der Waals surface area contributed by atoms with Gasteiger partial charge in [0.1, 0.15) is 0 Å². The summed E-state index contributed by atoms with van der Waals surface area (Å²) in [6.45, 7) is 1.90. The minimum absolute atomic E-state index is 0.0509. The van der Waals surface area contributed by atoms with Crippen molar-refractivity contribution in [2.24, 2.45) is 5.73 Å². The molecule has 0 radical (unpaired) electrons. The van der Waals surface area contributed by atoms with Gasteiger partial charge in [-0.1, -0.05) is 6.07 Å². The Morgan fingerprint density at radius 1 is 1.37 bits per heavy atom. The second kappa shape index (κ2) is 5.19. The Labute approximate surface area is 111 Å². The summed E-state index contributed by atoms with van der Waals surface area (Å²) >= 11 is 0. The van der Waals surface area contributed by atoms with Gasteiger partial charge in [0, 0.05) is 32.5 Å². The zero-order valence-electron chi connectivity index (χ0n) is 11.2. The van der Waals surface area contributed by atoms with E-state index in [-0.39, 0.29) is 11.9 Å². The summed E-state index contributed by atoms with van der Waals surface area (Å²) in [6.07, 6.45) is 3.43. The van der Waals surface area contributed by atoms with E-state index in [1.54, 1.807) is 37.2 Å². The van der Waals surface area contributed by atoms with Crippen LogP contribution in [0.15, 0.2) is 30.6 Å². The van der Waals surface area contributed by atoms with Gasteiger partial charge in [-0.25, -0.2) is 9.67 Å². The van der Waals surface area contributed by atoms with Crippen molar-refractivity contribution in [3.63, 3.8) is 0 Å². The van der Waals surface area contributed by atoms with Crippen LogP contribution < -0.4 is 5.73 Å². The molecule has 6 nitrogen and oxygen atoms in total. The van der Waals surface area contributed by atoms with Gasteiger partial charge >= 0.3 is 0 Å². The third-order valence-corrected chi connectivity index (χ3v) is 2.75. The van der Waals surface area contributed by atoms with Crippen LogP contribution in [-0.4, -0.2) is 39.7 Å². The van der Waals surface area contributed by atoms with Crippen LogP contribution >= 0.6 is 0 Å². The number of pyridine rings is 1. The molecular formula is C13H17N5O. The first kappa shape index (κ1) is 13.2. The number of nitrogens with zero attached hydrogens (tertiary/aromatic N) is 4. The van der Waals surface area contributed by atoms with E-state index in [9.17, 15) is 4.79 Å². The highest BCUT2D eigenvalue weighted by Crippen LogP contribution is 2.11. The van der Waals surface area contributed by atoms with Gasteiger partial charge in [-0.05, 0) is 24.6 Å². The summed E-state index contributed by atoms with van der Waals surface area (Å²) in [7, 11) is 3.38. The normalized spacial score (nSPS) is 12.2. The zero-order valence-corrected chi connectivity index (χ0v) is 11.2. The molecule has 0 aliphatic rings. The average molecular weight is 259 g/mol. The molecular weight excluding hydrogens is 242 g/mol. The molecule has 0 saturated heterocycles. The first-order valence-electron chi connectivity index (χ1n) is 5.98. The predicted molar refractivity (Wildman–Crippen MR) is 72.0 cm³/mol. The molecule has 2 aromatic rings. The Morgan fingerprint density at radius 2 is 2.11 bits per heavy atom. The molecule has 0 saturated carbocycles. The summed E-state index contributed by atoms with van der Waals surface area (Å²) in [5, 5.41) is 4.21. The molecule has 0 fully saturated rings. The molecule has 0 aliphatic heterocycles. The van der Waals surface area contributed by atoms with Crippen LogP contribution in [0.2, 0.25) is 0 Å². The van der Waals surface area contributed by atoms with E-state index in [0.717, 1.165) is 5.56 Å². The molecule has 2 N–H and O–H groups in total. The maximum absolute atomic E-state index is 11.7. The molecule has 2 aromatic heterocycles. The van der Waals surface area contributed by atoms with E-state index >= 15 is 0 Å². The highest BCUT2D eigenvalue weighted by Gasteiger charge is 2.12. The van der Waals surface area contributed by atoms with E-state index in [0.29, 0.717) is 11.5 Å². The zero-order chi connectivity index (χ0) is 14.0. The van der Waals surface area contributed by atoms with Gasteiger partial charge in [0.05, 0.1) is 0 Å². The lowest BCUT2D eigenvalue weighted by atomic mass is 10.2. The Bertz CT molecular complexity index is 571. The SMILES string of the molecule is C[C@H](N)c1ccc(-n2ccc(C(=O)N(C)C)n2)nc1. The number of carbonyl (C=O) groups excluding carboxylic acids is 1. The third kappa shape index (κ3) is 2.79. The smallest absolute Gasteiger partial charge is 0.273 e. The quantitative estimate of drug-likeness (QED) is 0.891. The van der Waals surface area contributed by atoms with Gasteiger partial charge in [-0.2, -0.15) is 5.10 Å². The summed E-state index contributed by atoms with van der Waals surface area (Å²) in [6, 6.07) is 5.35. The summed E-state index contributed by atoms with van der Waals surface area (Å²) in [5.74, 6) is 0.521. The van der Waals surface area contributed by atoms with E-state index in [2.05, 4.69) is 10.1 Å². The highest BCUT2D eigenvalue weighted by molar-refractivity contribution is 5.91. The number of hydrogen-bond donors (Lipinski definition) is 1. The lowest BCUT2D eigenvalue weighted by Gasteiger charge is -2.07. The maximum Gasteiger partial charge on any atom is 0.273 e. The minimum atomic E-state index is -0.133. The van der Waals surface area contributed by atoms with Crippen LogP contribution in [-0.2, 0) is 0 Å². The van der Waals surface area contributed by atoms with Crippen molar-refractivity contribution in [1.82, 2.24) is 19.7 Å². The van der Waals surface area contributed by atoms with Crippen molar-refractivity contribution in [2.75, 3.05) is 14.1 Å². The second-order valence-electron chi connectivity index (χ2n) is 4.58. The Balaban J connectivity index is 2.25. The standard InChI is InChI=1S/C13H17N5O/c1-9(14)10-4-5-12(15-8-10)18-7-6-11(16-18)13(19)17(2)3/h4-9H,14H2,1-3H3/t9-/m0/s1. The largest absolute Gasteiger partial charge is 0.343 e. The molecule has 2 heterocycles. The van der Waals surface area contributed by atoms with Crippen molar-refractivity contribution in [3.05, 3.63) is 41.9 Å². The first-order valence-corrected chi connectivity index (χ1v) is 5.98. The highest BCUT2D eigenvalue weighted by atomic mass is 16.2. The van der Waals surface area contributed by atoms with Crippen molar-refractivity contribution in [3.8, 4) is 5.82 Å². The monoisotopic (exact) mass is 259 g/mol. The van der Waals surface area contributed by atoms with E-state index in [1.807, 2.05) is 19.1 Å². The van der Waals surface area contributed by atoms with Gasteiger partial charge in [-0.3, -0.25) is 4.79 Å². The molecule has 2 rings (SSSR count). The van der Waals surface area contributed by atoms with E-state index in [4.69, 9.17) is 5.73 Å². The Kier molecular flexibility index (Phi) is 3.62. The third-order valence-electron chi connectivity index (χ3n) is 2.75. The van der Waals surface area contributed by atoms with Crippen molar-refractivity contribution in [2.45, 2.75) is 13.0 Å². The summed E-state index contributed by atoms with van der Waals surface area (Å²) < 4.78 is 1.57. The minimum Gasteiger partial charge on any atom is -0.343 e. The van der Waals surface area contributed by atoms with Crippen molar-refractivity contribution < 1.29 is 4.79 Å². The van der Waals surface area contributed by atoms with Crippen molar-refractivity contribution in [1.29, 1.82) is 0 Å². The van der Waals surface area contributed by atoms with Gasteiger partial charge in [0.15, 0.2) is 11.5 Å². The summed E-state index contributed by atoms with van der Waals surface area (Å²) in [4.78, 5) is 17.5. The fraction of sp³-hybridized carbons (Fsp3) is 0.308. The molecule has 0 aromatic carbocycles. The molecule has 6 heteroatoms. The van der Waals surface area contributed by atoms with Crippen LogP contribution in [0.5, 0.6) is 0 Å². The maximum atomic E-state index is 11.7. The van der Waals surface area contributed by atoms with Crippen LogP contribution in [0.3, 0.4) is 0 Å². The van der Waals surface area contributed by atoms with Crippen LogP contribution in [0.1, 0.15) is 29.0 Å².